The van der Waals surface area contributed by atoms with Crippen LogP contribution < -0.4 is 10.6 Å². The molecule has 1 unspecified atom stereocenters. The van der Waals surface area contributed by atoms with E-state index in [0.717, 1.165) is 23.9 Å². The molecule has 1 atom stereocenters. The lowest BCUT2D eigenvalue weighted by molar-refractivity contribution is -0.122. The first-order valence-corrected chi connectivity index (χ1v) is 8.41. The molecule has 0 spiro atoms. The number of amides is 1. The molecule has 1 aliphatic heterocycles. The zero-order chi connectivity index (χ0) is 16.3. The van der Waals surface area contributed by atoms with Crippen LogP contribution in [0.1, 0.15) is 46.1 Å². The van der Waals surface area contributed by atoms with E-state index in [0.29, 0.717) is 5.56 Å². The van der Waals surface area contributed by atoms with E-state index in [-0.39, 0.29) is 24.3 Å². The number of hydrogen-bond donors (Lipinski definition) is 2. The van der Waals surface area contributed by atoms with Crippen molar-refractivity contribution in [3.8, 4) is 0 Å². The summed E-state index contributed by atoms with van der Waals surface area (Å²) in [7, 11) is 0. The summed E-state index contributed by atoms with van der Waals surface area (Å²) in [5.41, 5.74) is 0.491. The lowest BCUT2D eigenvalue weighted by Gasteiger charge is -2.11. The van der Waals surface area contributed by atoms with Gasteiger partial charge >= 0.3 is 0 Å². The highest BCUT2D eigenvalue weighted by Gasteiger charge is 2.21. The van der Waals surface area contributed by atoms with Crippen molar-refractivity contribution >= 4 is 21.8 Å². The van der Waals surface area contributed by atoms with Crippen LogP contribution in [0.3, 0.4) is 0 Å². The molecule has 0 aromatic heterocycles. The summed E-state index contributed by atoms with van der Waals surface area (Å²) < 4.78 is 14.2. The largest absolute Gasteiger partial charge is 0.351 e. The molecule has 120 valence electrons. The summed E-state index contributed by atoms with van der Waals surface area (Å²) in [6.45, 7) is 9.10. The van der Waals surface area contributed by atoms with Crippen molar-refractivity contribution in [2.45, 2.75) is 53.1 Å². The summed E-state index contributed by atoms with van der Waals surface area (Å²) in [6, 6.07) is 4.58. The third kappa shape index (κ3) is 7.05. The molecule has 0 saturated carbocycles. The standard InChI is InChI=1S/C12H14BrFN2O.2C2H6/c13-9-3-4-10(14)8(6-9)7-16-12(17)11-2-1-5-15-11;2*1-2/h3-4,6,11,15H,1-2,5,7H2,(H,16,17);2*1-2H3. The van der Waals surface area contributed by atoms with E-state index >= 15 is 0 Å². The van der Waals surface area contributed by atoms with E-state index in [1.165, 1.54) is 6.07 Å². The Morgan fingerprint density at radius 1 is 1.38 bits per heavy atom. The van der Waals surface area contributed by atoms with Crippen molar-refractivity contribution < 1.29 is 9.18 Å². The molecular weight excluding hydrogens is 335 g/mol. The molecule has 0 radical (unpaired) electrons. The monoisotopic (exact) mass is 360 g/mol. The van der Waals surface area contributed by atoms with Crippen LogP contribution >= 0.6 is 15.9 Å². The fraction of sp³-hybridized carbons (Fsp3) is 0.562. The molecule has 1 aromatic carbocycles. The first-order chi connectivity index (χ1) is 10.2. The van der Waals surface area contributed by atoms with Gasteiger partial charge in [0.25, 0.3) is 0 Å². The topological polar surface area (TPSA) is 41.1 Å². The van der Waals surface area contributed by atoms with Gasteiger partial charge in [-0.2, -0.15) is 0 Å². The van der Waals surface area contributed by atoms with E-state index in [4.69, 9.17) is 0 Å². The van der Waals surface area contributed by atoms with Crippen LogP contribution in [0.5, 0.6) is 0 Å². The van der Waals surface area contributed by atoms with E-state index in [2.05, 4.69) is 26.6 Å². The first kappa shape index (κ1) is 20.1. The van der Waals surface area contributed by atoms with Gasteiger partial charge in [0, 0.05) is 16.6 Å². The SMILES string of the molecule is CC.CC.O=C(NCc1cc(Br)ccc1F)C1CCCN1. The Balaban J connectivity index is 0.000000921. The van der Waals surface area contributed by atoms with Crippen LogP contribution in [0.15, 0.2) is 22.7 Å². The number of carbonyl (C=O) groups is 1. The van der Waals surface area contributed by atoms with Crippen LogP contribution in [0, 0.1) is 5.82 Å². The number of carbonyl (C=O) groups excluding carboxylic acids is 1. The molecule has 1 amide bonds. The lowest BCUT2D eigenvalue weighted by Crippen LogP contribution is -2.40. The summed E-state index contributed by atoms with van der Waals surface area (Å²) in [4.78, 5) is 11.7. The summed E-state index contributed by atoms with van der Waals surface area (Å²) >= 11 is 3.28. The predicted molar refractivity (Wildman–Crippen MR) is 89.7 cm³/mol. The minimum atomic E-state index is -0.298. The van der Waals surface area contributed by atoms with Crippen molar-refractivity contribution in [2.75, 3.05) is 6.54 Å². The van der Waals surface area contributed by atoms with Crippen molar-refractivity contribution in [1.82, 2.24) is 10.6 Å². The number of halogens is 2. The predicted octanol–water partition coefficient (Wildman–Crippen LogP) is 4.01. The van der Waals surface area contributed by atoms with Crippen molar-refractivity contribution in [3.05, 3.63) is 34.1 Å². The average molecular weight is 361 g/mol. The van der Waals surface area contributed by atoms with Crippen LogP contribution in [0.2, 0.25) is 0 Å². The molecule has 2 N–H and O–H groups in total. The zero-order valence-electron chi connectivity index (χ0n) is 13.3. The van der Waals surface area contributed by atoms with Gasteiger partial charge in [-0.1, -0.05) is 43.6 Å². The van der Waals surface area contributed by atoms with Crippen LogP contribution in [0.25, 0.3) is 0 Å². The summed E-state index contributed by atoms with van der Waals surface area (Å²) in [5.74, 6) is -0.352. The maximum Gasteiger partial charge on any atom is 0.237 e. The Morgan fingerprint density at radius 3 is 2.62 bits per heavy atom. The number of benzene rings is 1. The first-order valence-electron chi connectivity index (χ1n) is 7.62. The second kappa shape index (κ2) is 11.7. The maximum atomic E-state index is 13.4. The molecule has 0 bridgehead atoms. The van der Waals surface area contributed by atoms with Crippen molar-refractivity contribution in [3.63, 3.8) is 0 Å². The third-order valence-corrected chi connectivity index (χ3v) is 3.33. The normalized spacial score (nSPS) is 16.2. The highest BCUT2D eigenvalue weighted by molar-refractivity contribution is 9.10. The van der Waals surface area contributed by atoms with Crippen molar-refractivity contribution in [1.29, 1.82) is 0 Å². The van der Waals surface area contributed by atoms with Crippen molar-refractivity contribution in [2.24, 2.45) is 0 Å². The van der Waals surface area contributed by atoms with Gasteiger partial charge in [-0.25, -0.2) is 4.39 Å². The Labute approximate surface area is 135 Å². The summed E-state index contributed by atoms with van der Waals surface area (Å²) in [5, 5.41) is 5.85. The molecule has 1 fully saturated rings. The zero-order valence-corrected chi connectivity index (χ0v) is 14.9. The second-order valence-electron chi connectivity index (χ2n) is 4.10. The highest BCUT2D eigenvalue weighted by Crippen LogP contribution is 2.15. The van der Waals surface area contributed by atoms with Gasteiger partial charge in [0.1, 0.15) is 5.82 Å². The maximum absolute atomic E-state index is 13.4. The third-order valence-electron chi connectivity index (χ3n) is 2.84. The fourth-order valence-electron chi connectivity index (χ4n) is 1.89. The van der Waals surface area contributed by atoms with E-state index in [9.17, 15) is 9.18 Å². The van der Waals surface area contributed by atoms with Gasteiger partial charge in [0.2, 0.25) is 5.91 Å². The van der Waals surface area contributed by atoms with E-state index < -0.39 is 0 Å². The molecule has 1 heterocycles. The van der Waals surface area contributed by atoms with Gasteiger partial charge in [0.15, 0.2) is 0 Å². The molecule has 1 aromatic rings. The second-order valence-corrected chi connectivity index (χ2v) is 5.02. The summed E-state index contributed by atoms with van der Waals surface area (Å²) in [6.07, 6.45) is 1.87. The lowest BCUT2D eigenvalue weighted by atomic mass is 10.2. The Kier molecular flexibility index (Phi) is 11.2. The van der Waals surface area contributed by atoms with E-state index in [1.807, 2.05) is 27.7 Å². The molecule has 2 rings (SSSR count). The highest BCUT2D eigenvalue weighted by atomic mass is 79.9. The van der Waals surface area contributed by atoms with Crippen LogP contribution in [0.4, 0.5) is 4.39 Å². The minimum absolute atomic E-state index is 0.0538. The Bertz CT molecular complexity index is 421. The number of nitrogens with one attached hydrogen (secondary N) is 2. The Morgan fingerprint density at radius 2 is 2.05 bits per heavy atom. The Hall–Kier alpha value is -0.940. The van der Waals surface area contributed by atoms with Crippen LogP contribution in [-0.4, -0.2) is 18.5 Å². The molecule has 3 nitrogen and oxygen atoms in total. The van der Waals surface area contributed by atoms with Gasteiger partial charge in [-0.15, -0.1) is 0 Å². The molecule has 21 heavy (non-hydrogen) atoms. The number of rotatable bonds is 3. The van der Waals surface area contributed by atoms with Gasteiger partial charge in [0.05, 0.1) is 6.04 Å². The molecule has 0 aliphatic carbocycles. The smallest absolute Gasteiger partial charge is 0.237 e. The molecular formula is C16H26BrFN2O. The van der Waals surface area contributed by atoms with Gasteiger partial charge in [-0.3, -0.25) is 4.79 Å². The van der Waals surface area contributed by atoms with Gasteiger partial charge < -0.3 is 10.6 Å². The molecule has 5 heteroatoms. The minimum Gasteiger partial charge on any atom is -0.351 e. The molecule has 1 aliphatic rings. The fourth-order valence-corrected chi connectivity index (χ4v) is 2.30. The number of hydrogen-bond acceptors (Lipinski definition) is 2. The van der Waals surface area contributed by atoms with Gasteiger partial charge in [-0.05, 0) is 37.6 Å². The van der Waals surface area contributed by atoms with Crippen LogP contribution in [-0.2, 0) is 11.3 Å². The quantitative estimate of drug-likeness (QED) is 0.854. The molecule has 1 saturated heterocycles. The average Bonchev–Trinajstić information content (AvgIpc) is 3.06. The van der Waals surface area contributed by atoms with E-state index in [1.54, 1.807) is 12.1 Å².